The Labute approximate surface area is 95.0 Å². The number of thiol groups is 1. The smallest absolute Gasteiger partial charge is 0.0466 e. The second kappa shape index (κ2) is 11.4. The third-order valence-corrected chi connectivity index (χ3v) is 2.80. The molecule has 0 saturated heterocycles. The highest BCUT2D eigenvalue weighted by Crippen LogP contribution is 2.12. The number of unbranched alkanes of at least 4 members (excludes halogenated alkanes) is 1. The molecule has 0 fully saturated rings. The van der Waals surface area contributed by atoms with Crippen LogP contribution in [0.15, 0.2) is 0 Å². The highest BCUT2D eigenvalue weighted by molar-refractivity contribution is 7.80. The number of ether oxygens (including phenoxy) is 1. The fourth-order valence-electron chi connectivity index (χ4n) is 1.47. The molecule has 0 heterocycles. The Morgan fingerprint density at radius 2 is 1.71 bits per heavy atom. The minimum absolute atomic E-state index is 0.844. The Morgan fingerprint density at radius 1 is 1.07 bits per heavy atom. The number of hydrogen-bond donors (Lipinski definition) is 1. The molecule has 0 N–H and O–H groups in total. The van der Waals surface area contributed by atoms with Gasteiger partial charge in [0.15, 0.2) is 0 Å². The van der Waals surface area contributed by atoms with Crippen LogP contribution in [-0.4, -0.2) is 19.0 Å². The largest absolute Gasteiger partial charge is 0.381 e. The molecule has 0 radical (unpaired) electrons. The first-order chi connectivity index (χ1) is 6.81. The van der Waals surface area contributed by atoms with Crippen molar-refractivity contribution in [3.63, 3.8) is 0 Å². The molecule has 0 amide bonds. The SMILES string of the molecule is CCCCOCCCC(C)CCCS. The molecule has 86 valence electrons. The minimum atomic E-state index is 0.844. The second-order valence-electron chi connectivity index (χ2n) is 4.08. The van der Waals surface area contributed by atoms with Gasteiger partial charge in [-0.05, 0) is 43.8 Å². The van der Waals surface area contributed by atoms with E-state index in [4.69, 9.17) is 4.74 Å². The lowest BCUT2D eigenvalue weighted by molar-refractivity contribution is 0.124. The van der Waals surface area contributed by atoms with Crippen LogP contribution in [0.2, 0.25) is 0 Å². The average molecular weight is 218 g/mol. The third kappa shape index (κ3) is 10.4. The van der Waals surface area contributed by atoms with Crippen molar-refractivity contribution in [3.05, 3.63) is 0 Å². The van der Waals surface area contributed by atoms with Gasteiger partial charge in [0.1, 0.15) is 0 Å². The maximum Gasteiger partial charge on any atom is 0.0466 e. The monoisotopic (exact) mass is 218 g/mol. The predicted molar refractivity (Wildman–Crippen MR) is 67.2 cm³/mol. The van der Waals surface area contributed by atoms with E-state index in [1.807, 2.05) is 0 Å². The first kappa shape index (κ1) is 14.3. The molecule has 0 aromatic heterocycles. The van der Waals surface area contributed by atoms with E-state index < -0.39 is 0 Å². The molecular weight excluding hydrogens is 192 g/mol. The minimum Gasteiger partial charge on any atom is -0.381 e. The maximum absolute atomic E-state index is 5.51. The summed E-state index contributed by atoms with van der Waals surface area (Å²) in [5, 5.41) is 0. The van der Waals surface area contributed by atoms with Crippen LogP contribution >= 0.6 is 12.6 Å². The molecule has 1 nitrogen and oxygen atoms in total. The van der Waals surface area contributed by atoms with Gasteiger partial charge in [-0.15, -0.1) is 0 Å². The number of rotatable bonds is 10. The van der Waals surface area contributed by atoms with E-state index in [1.54, 1.807) is 0 Å². The molecule has 1 atom stereocenters. The van der Waals surface area contributed by atoms with E-state index in [1.165, 1.54) is 38.5 Å². The lowest BCUT2D eigenvalue weighted by atomic mass is 10.0. The van der Waals surface area contributed by atoms with Gasteiger partial charge in [0, 0.05) is 13.2 Å². The van der Waals surface area contributed by atoms with Crippen LogP contribution < -0.4 is 0 Å². The highest BCUT2D eigenvalue weighted by atomic mass is 32.1. The van der Waals surface area contributed by atoms with Crippen molar-refractivity contribution in [1.82, 2.24) is 0 Å². The van der Waals surface area contributed by atoms with Gasteiger partial charge in [0.05, 0.1) is 0 Å². The van der Waals surface area contributed by atoms with Crippen LogP contribution in [0.5, 0.6) is 0 Å². The van der Waals surface area contributed by atoms with E-state index in [2.05, 4.69) is 26.5 Å². The quantitative estimate of drug-likeness (QED) is 0.432. The summed E-state index contributed by atoms with van der Waals surface area (Å²) in [6, 6.07) is 0. The number of hydrogen-bond acceptors (Lipinski definition) is 2. The van der Waals surface area contributed by atoms with Crippen molar-refractivity contribution in [2.24, 2.45) is 5.92 Å². The lowest BCUT2D eigenvalue weighted by Crippen LogP contribution is -2.01. The predicted octanol–water partition coefficient (Wildman–Crippen LogP) is 3.93. The van der Waals surface area contributed by atoms with Crippen molar-refractivity contribution < 1.29 is 4.74 Å². The molecule has 0 bridgehead atoms. The van der Waals surface area contributed by atoms with Crippen molar-refractivity contribution in [2.45, 2.75) is 52.4 Å². The van der Waals surface area contributed by atoms with Gasteiger partial charge < -0.3 is 4.74 Å². The van der Waals surface area contributed by atoms with Crippen LogP contribution in [0.4, 0.5) is 0 Å². The molecule has 2 heteroatoms. The van der Waals surface area contributed by atoms with Crippen molar-refractivity contribution in [2.75, 3.05) is 19.0 Å². The summed E-state index contributed by atoms with van der Waals surface area (Å²) in [6.45, 7) is 6.42. The molecule has 0 aromatic rings. The van der Waals surface area contributed by atoms with Crippen molar-refractivity contribution >= 4 is 12.6 Å². The maximum atomic E-state index is 5.51. The Hall–Kier alpha value is 0.310. The van der Waals surface area contributed by atoms with Crippen LogP contribution in [0.3, 0.4) is 0 Å². The Bertz CT molecular complexity index is 106. The van der Waals surface area contributed by atoms with Crippen LogP contribution in [0, 0.1) is 5.92 Å². The zero-order chi connectivity index (χ0) is 10.6. The molecule has 0 spiro atoms. The molecule has 0 aliphatic rings. The van der Waals surface area contributed by atoms with Gasteiger partial charge in [-0.3, -0.25) is 0 Å². The first-order valence-electron chi connectivity index (χ1n) is 5.99. The summed E-state index contributed by atoms with van der Waals surface area (Å²) >= 11 is 4.22. The first-order valence-corrected chi connectivity index (χ1v) is 6.63. The fourth-order valence-corrected chi connectivity index (χ4v) is 1.65. The van der Waals surface area contributed by atoms with E-state index >= 15 is 0 Å². The Morgan fingerprint density at radius 3 is 2.36 bits per heavy atom. The Kier molecular flexibility index (Phi) is 11.6. The van der Waals surface area contributed by atoms with E-state index in [0.29, 0.717) is 0 Å². The van der Waals surface area contributed by atoms with E-state index in [-0.39, 0.29) is 0 Å². The summed E-state index contributed by atoms with van der Waals surface area (Å²) < 4.78 is 5.51. The molecule has 14 heavy (non-hydrogen) atoms. The molecule has 0 saturated carbocycles. The molecule has 0 aromatic carbocycles. The zero-order valence-corrected chi connectivity index (χ0v) is 10.7. The second-order valence-corrected chi connectivity index (χ2v) is 4.53. The molecule has 0 aliphatic carbocycles. The summed E-state index contributed by atoms with van der Waals surface area (Å²) in [6.07, 6.45) is 7.53. The summed E-state index contributed by atoms with van der Waals surface area (Å²) in [7, 11) is 0. The average Bonchev–Trinajstić information content (AvgIpc) is 2.20. The van der Waals surface area contributed by atoms with E-state index in [0.717, 1.165) is 24.9 Å². The zero-order valence-electron chi connectivity index (χ0n) is 9.80. The van der Waals surface area contributed by atoms with Gasteiger partial charge in [-0.2, -0.15) is 12.6 Å². The van der Waals surface area contributed by atoms with Gasteiger partial charge in [0.2, 0.25) is 0 Å². The fraction of sp³-hybridized carbons (Fsp3) is 1.00. The molecule has 1 unspecified atom stereocenters. The van der Waals surface area contributed by atoms with Crippen LogP contribution in [0.1, 0.15) is 52.4 Å². The standard InChI is InChI=1S/C12H26OS/c1-3-4-9-13-10-5-7-12(2)8-6-11-14/h12,14H,3-11H2,1-2H3. The molecule has 0 aliphatic heterocycles. The van der Waals surface area contributed by atoms with Gasteiger partial charge in [0.25, 0.3) is 0 Å². The summed E-state index contributed by atoms with van der Waals surface area (Å²) in [5.74, 6) is 1.87. The van der Waals surface area contributed by atoms with Crippen LogP contribution in [0.25, 0.3) is 0 Å². The summed E-state index contributed by atoms with van der Waals surface area (Å²) in [5.41, 5.74) is 0. The van der Waals surface area contributed by atoms with Crippen molar-refractivity contribution in [1.29, 1.82) is 0 Å². The van der Waals surface area contributed by atoms with Gasteiger partial charge in [-0.1, -0.05) is 20.3 Å². The van der Waals surface area contributed by atoms with E-state index in [9.17, 15) is 0 Å². The lowest BCUT2D eigenvalue weighted by Gasteiger charge is -2.10. The normalized spacial score (nSPS) is 13.1. The highest BCUT2D eigenvalue weighted by Gasteiger charge is 2.00. The summed E-state index contributed by atoms with van der Waals surface area (Å²) in [4.78, 5) is 0. The Balaban J connectivity index is 3.02. The van der Waals surface area contributed by atoms with Crippen LogP contribution in [-0.2, 0) is 4.74 Å². The van der Waals surface area contributed by atoms with Gasteiger partial charge >= 0.3 is 0 Å². The third-order valence-electron chi connectivity index (χ3n) is 2.48. The van der Waals surface area contributed by atoms with Crippen molar-refractivity contribution in [3.8, 4) is 0 Å². The van der Waals surface area contributed by atoms with Gasteiger partial charge in [-0.25, -0.2) is 0 Å². The molecular formula is C12H26OS. The molecule has 0 rings (SSSR count). The topological polar surface area (TPSA) is 9.23 Å².